The summed E-state index contributed by atoms with van der Waals surface area (Å²) in [5.74, 6) is 0.839. The number of benzene rings is 2. The Morgan fingerprint density at radius 1 is 1.00 bits per heavy atom. The van der Waals surface area contributed by atoms with Crippen LogP contribution in [0, 0.1) is 5.82 Å². The van der Waals surface area contributed by atoms with Crippen LogP contribution in [-0.4, -0.2) is 35.9 Å². The highest BCUT2D eigenvalue weighted by molar-refractivity contribution is 7.91. The predicted octanol–water partition coefficient (Wildman–Crippen LogP) is 3.63. The van der Waals surface area contributed by atoms with E-state index in [0.29, 0.717) is 29.6 Å². The maximum absolute atomic E-state index is 13.1. The summed E-state index contributed by atoms with van der Waals surface area (Å²) in [5.41, 5.74) is 2.26. The first-order chi connectivity index (χ1) is 13.5. The molecule has 1 fully saturated rings. The number of hydrogen-bond acceptors (Lipinski definition) is 6. The van der Waals surface area contributed by atoms with Crippen LogP contribution in [0.3, 0.4) is 0 Å². The van der Waals surface area contributed by atoms with Gasteiger partial charge in [-0.1, -0.05) is 30.3 Å². The summed E-state index contributed by atoms with van der Waals surface area (Å²) < 4.78 is 36.6. The molecule has 8 heteroatoms. The van der Waals surface area contributed by atoms with Crippen molar-refractivity contribution < 1.29 is 12.8 Å². The molecule has 1 unspecified atom stereocenters. The van der Waals surface area contributed by atoms with E-state index in [-0.39, 0.29) is 23.4 Å². The molecule has 1 aliphatic heterocycles. The van der Waals surface area contributed by atoms with Crippen molar-refractivity contribution >= 4 is 27.3 Å². The summed E-state index contributed by atoms with van der Waals surface area (Å²) in [6, 6.07) is 17.2. The summed E-state index contributed by atoms with van der Waals surface area (Å²) in [7, 11) is -3.00. The fourth-order valence-electron chi connectivity index (χ4n) is 3.11. The third-order valence-electron chi connectivity index (χ3n) is 4.48. The second-order valence-electron chi connectivity index (χ2n) is 6.70. The third-order valence-corrected chi connectivity index (χ3v) is 6.25. The zero-order chi connectivity index (χ0) is 19.6. The van der Waals surface area contributed by atoms with Gasteiger partial charge in [0.2, 0.25) is 5.95 Å². The minimum Gasteiger partial charge on any atom is -0.366 e. The highest BCUT2D eigenvalue weighted by atomic mass is 32.2. The van der Waals surface area contributed by atoms with E-state index in [4.69, 9.17) is 0 Å². The first kappa shape index (κ1) is 18.4. The Bertz CT molecular complexity index is 1070. The Morgan fingerprint density at radius 2 is 1.75 bits per heavy atom. The van der Waals surface area contributed by atoms with Gasteiger partial charge < -0.3 is 10.6 Å². The average molecular weight is 398 g/mol. The van der Waals surface area contributed by atoms with Crippen LogP contribution in [0.5, 0.6) is 0 Å². The van der Waals surface area contributed by atoms with E-state index in [1.807, 2.05) is 30.3 Å². The molecule has 6 nitrogen and oxygen atoms in total. The van der Waals surface area contributed by atoms with Crippen LogP contribution in [0.2, 0.25) is 0 Å². The predicted molar refractivity (Wildman–Crippen MR) is 108 cm³/mol. The van der Waals surface area contributed by atoms with Crippen molar-refractivity contribution in [1.29, 1.82) is 0 Å². The Kier molecular flexibility index (Phi) is 4.95. The molecule has 1 saturated heterocycles. The van der Waals surface area contributed by atoms with Gasteiger partial charge in [0.1, 0.15) is 11.6 Å². The molecule has 0 aliphatic carbocycles. The smallest absolute Gasteiger partial charge is 0.229 e. The molecule has 0 bridgehead atoms. The lowest BCUT2D eigenvalue weighted by molar-refractivity contribution is 0.602. The van der Waals surface area contributed by atoms with Gasteiger partial charge in [-0.25, -0.2) is 17.8 Å². The SMILES string of the molecule is O=S1(=O)CCC(Nc2cc(-c3ccccc3)nc(Nc3ccc(F)cc3)n2)C1. The molecule has 1 atom stereocenters. The molecule has 2 N–H and O–H groups in total. The van der Waals surface area contributed by atoms with Gasteiger partial charge >= 0.3 is 0 Å². The minimum atomic E-state index is -3.00. The van der Waals surface area contributed by atoms with Crippen LogP contribution >= 0.6 is 0 Å². The Labute approximate surface area is 162 Å². The number of rotatable bonds is 5. The van der Waals surface area contributed by atoms with Crippen LogP contribution in [0.1, 0.15) is 6.42 Å². The van der Waals surface area contributed by atoms with E-state index < -0.39 is 9.84 Å². The molecule has 0 amide bonds. The molecule has 144 valence electrons. The fraction of sp³-hybridized carbons (Fsp3) is 0.200. The summed E-state index contributed by atoms with van der Waals surface area (Å²) in [5, 5.41) is 6.29. The van der Waals surface area contributed by atoms with Crippen molar-refractivity contribution in [3.63, 3.8) is 0 Å². The topological polar surface area (TPSA) is 84.0 Å². The summed E-state index contributed by atoms with van der Waals surface area (Å²) in [4.78, 5) is 9.02. The molecule has 2 heterocycles. The zero-order valence-electron chi connectivity index (χ0n) is 15.0. The lowest BCUT2D eigenvalue weighted by atomic mass is 10.1. The second kappa shape index (κ2) is 7.55. The van der Waals surface area contributed by atoms with Gasteiger partial charge in [0.15, 0.2) is 9.84 Å². The van der Waals surface area contributed by atoms with Crippen molar-refractivity contribution in [1.82, 2.24) is 9.97 Å². The van der Waals surface area contributed by atoms with Crippen LogP contribution in [-0.2, 0) is 9.84 Å². The monoisotopic (exact) mass is 398 g/mol. The highest BCUT2D eigenvalue weighted by Gasteiger charge is 2.28. The first-order valence-corrected chi connectivity index (χ1v) is 10.7. The van der Waals surface area contributed by atoms with Gasteiger partial charge in [-0.2, -0.15) is 4.98 Å². The maximum atomic E-state index is 13.1. The average Bonchev–Trinajstić information content (AvgIpc) is 3.02. The van der Waals surface area contributed by atoms with Crippen LogP contribution in [0.25, 0.3) is 11.3 Å². The normalized spacial score (nSPS) is 18.0. The van der Waals surface area contributed by atoms with E-state index in [0.717, 1.165) is 5.56 Å². The zero-order valence-corrected chi connectivity index (χ0v) is 15.8. The number of aromatic nitrogens is 2. The van der Waals surface area contributed by atoms with E-state index >= 15 is 0 Å². The van der Waals surface area contributed by atoms with Gasteiger partial charge in [0.25, 0.3) is 0 Å². The van der Waals surface area contributed by atoms with Crippen LogP contribution < -0.4 is 10.6 Å². The fourth-order valence-corrected chi connectivity index (χ4v) is 4.79. The quantitative estimate of drug-likeness (QED) is 0.683. The largest absolute Gasteiger partial charge is 0.366 e. The van der Waals surface area contributed by atoms with Gasteiger partial charge in [-0.05, 0) is 30.7 Å². The number of anilines is 3. The molecular formula is C20H19FN4O2S. The van der Waals surface area contributed by atoms with E-state index in [9.17, 15) is 12.8 Å². The lowest BCUT2D eigenvalue weighted by Crippen LogP contribution is -2.21. The number of sulfone groups is 1. The van der Waals surface area contributed by atoms with Crippen LogP contribution in [0.4, 0.5) is 21.8 Å². The van der Waals surface area contributed by atoms with Gasteiger partial charge in [-0.3, -0.25) is 0 Å². The van der Waals surface area contributed by atoms with E-state index in [1.54, 1.807) is 18.2 Å². The maximum Gasteiger partial charge on any atom is 0.229 e. The Balaban J connectivity index is 1.65. The number of nitrogens with zero attached hydrogens (tertiary/aromatic N) is 2. The summed E-state index contributed by atoms with van der Waals surface area (Å²) >= 11 is 0. The van der Waals surface area contributed by atoms with Crippen molar-refractivity contribution in [3.8, 4) is 11.3 Å². The van der Waals surface area contributed by atoms with E-state index in [2.05, 4.69) is 20.6 Å². The molecule has 2 aromatic carbocycles. The molecule has 3 aromatic rings. The number of nitrogens with one attached hydrogen (secondary N) is 2. The number of hydrogen-bond donors (Lipinski definition) is 2. The summed E-state index contributed by atoms with van der Waals surface area (Å²) in [6.07, 6.45) is 0.549. The van der Waals surface area contributed by atoms with Gasteiger partial charge in [0.05, 0.1) is 17.2 Å². The van der Waals surface area contributed by atoms with Crippen LogP contribution in [0.15, 0.2) is 60.7 Å². The Hall–Kier alpha value is -3.00. The molecule has 1 aliphatic rings. The molecule has 1 aromatic heterocycles. The van der Waals surface area contributed by atoms with Gasteiger partial charge in [0, 0.05) is 23.4 Å². The first-order valence-electron chi connectivity index (χ1n) is 8.91. The molecule has 28 heavy (non-hydrogen) atoms. The van der Waals surface area contributed by atoms with Crippen molar-refractivity contribution in [2.45, 2.75) is 12.5 Å². The van der Waals surface area contributed by atoms with Crippen molar-refractivity contribution in [2.24, 2.45) is 0 Å². The minimum absolute atomic E-state index is 0.0956. The van der Waals surface area contributed by atoms with Crippen molar-refractivity contribution in [2.75, 3.05) is 22.1 Å². The third kappa shape index (κ3) is 4.45. The van der Waals surface area contributed by atoms with Crippen molar-refractivity contribution in [3.05, 3.63) is 66.5 Å². The number of halogens is 1. The molecule has 0 radical (unpaired) electrons. The standard InChI is InChI=1S/C20H19FN4O2S/c21-15-6-8-16(9-7-15)23-20-24-18(14-4-2-1-3-5-14)12-19(25-20)22-17-10-11-28(26,27)13-17/h1-9,12,17H,10-11,13H2,(H2,22,23,24,25). The van der Waals surface area contributed by atoms with Gasteiger partial charge in [-0.15, -0.1) is 0 Å². The van der Waals surface area contributed by atoms with E-state index in [1.165, 1.54) is 12.1 Å². The Morgan fingerprint density at radius 3 is 2.43 bits per heavy atom. The lowest BCUT2D eigenvalue weighted by Gasteiger charge is -2.14. The second-order valence-corrected chi connectivity index (χ2v) is 8.93. The molecular weight excluding hydrogens is 379 g/mol. The highest BCUT2D eigenvalue weighted by Crippen LogP contribution is 2.25. The summed E-state index contributed by atoms with van der Waals surface area (Å²) in [6.45, 7) is 0. The molecule has 0 saturated carbocycles. The molecule has 4 rings (SSSR count). The molecule has 0 spiro atoms.